The summed E-state index contributed by atoms with van der Waals surface area (Å²) < 4.78 is 31.8. The molecular formula is C12H15N3O3S. The van der Waals surface area contributed by atoms with Gasteiger partial charge in [-0.15, -0.1) is 0 Å². The van der Waals surface area contributed by atoms with Gasteiger partial charge >= 0.3 is 0 Å². The second-order valence-electron chi connectivity index (χ2n) is 4.93. The van der Waals surface area contributed by atoms with Crippen molar-refractivity contribution in [1.82, 2.24) is 9.29 Å². The number of pyridine rings is 1. The van der Waals surface area contributed by atoms with Crippen LogP contribution in [0.5, 0.6) is 0 Å². The molecule has 1 aromatic heterocycles. The van der Waals surface area contributed by atoms with Crippen molar-refractivity contribution in [3.8, 4) is 6.07 Å². The smallest absolute Gasteiger partial charge is 0.245 e. The molecule has 0 saturated carbocycles. The molecule has 0 unspecified atom stereocenters. The van der Waals surface area contributed by atoms with Crippen molar-refractivity contribution in [2.45, 2.75) is 24.3 Å². The molecule has 6 nitrogen and oxygen atoms in total. The summed E-state index contributed by atoms with van der Waals surface area (Å²) in [5, 5.41) is 8.67. The van der Waals surface area contributed by atoms with Gasteiger partial charge in [-0.2, -0.15) is 9.57 Å². The largest absolute Gasteiger partial charge is 0.378 e. The minimum absolute atomic E-state index is 0.0986. The van der Waals surface area contributed by atoms with Crippen LogP contribution in [0.2, 0.25) is 0 Å². The highest BCUT2D eigenvalue weighted by Gasteiger charge is 2.39. The van der Waals surface area contributed by atoms with Crippen LogP contribution in [0.4, 0.5) is 0 Å². The first-order chi connectivity index (χ1) is 8.88. The van der Waals surface area contributed by atoms with E-state index in [1.807, 2.05) is 19.9 Å². The first kappa shape index (κ1) is 13.9. The van der Waals surface area contributed by atoms with Crippen molar-refractivity contribution < 1.29 is 13.2 Å². The maximum atomic E-state index is 12.5. The number of morpholine rings is 1. The van der Waals surface area contributed by atoms with Gasteiger partial charge in [-0.05, 0) is 26.0 Å². The lowest BCUT2D eigenvalue weighted by molar-refractivity contribution is -0.00771. The zero-order valence-corrected chi connectivity index (χ0v) is 11.6. The molecule has 0 atom stereocenters. The maximum absolute atomic E-state index is 12.5. The van der Waals surface area contributed by atoms with Gasteiger partial charge in [-0.3, -0.25) is 0 Å². The first-order valence-corrected chi connectivity index (χ1v) is 7.29. The minimum Gasteiger partial charge on any atom is -0.378 e. The highest BCUT2D eigenvalue weighted by atomic mass is 32.2. The summed E-state index contributed by atoms with van der Waals surface area (Å²) in [4.78, 5) is 3.91. The molecule has 7 heteroatoms. The van der Waals surface area contributed by atoms with Crippen molar-refractivity contribution in [3.05, 3.63) is 24.0 Å². The third-order valence-corrected chi connectivity index (χ3v) is 5.10. The molecule has 19 heavy (non-hydrogen) atoms. The zero-order valence-electron chi connectivity index (χ0n) is 10.8. The van der Waals surface area contributed by atoms with E-state index in [0.29, 0.717) is 19.8 Å². The van der Waals surface area contributed by atoms with Crippen LogP contribution in [0.15, 0.2) is 23.2 Å². The molecule has 1 aliphatic rings. The lowest BCUT2D eigenvalue weighted by Crippen LogP contribution is -2.55. The molecule has 1 aromatic rings. The molecule has 0 amide bonds. The van der Waals surface area contributed by atoms with Crippen LogP contribution in [-0.4, -0.2) is 43.0 Å². The number of hydrogen-bond acceptors (Lipinski definition) is 5. The zero-order chi connectivity index (χ0) is 14.1. The second kappa shape index (κ2) is 4.89. The van der Waals surface area contributed by atoms with Gasteiger partial charge in [0.15, 0.2) is 0 Å². The topological polar surface area (TPSA) is 83.3 Å². The van der Waals surface area contributed by atoms with Gasteiger partial charge in [-0.1, -0.05) is 0 Å². The molecule has 0 aromatic carbocycles. The molecule has 102 valence electrons. The standard InChI is InChI=1S/C12H15N3O3S/c1-12(2)9-18-6-5-15(12)19(16,17)11-4-3-10(7-13)14-8-11/h3-4,8H,5-6,9H2,1-2H3. The number of ether oxygens (including phenoxy) is 1. The van der Waals surface area contributed by atoms with Crippen LogP contribution < -0.4 is 0 Å². The molecule has 1 aliphatic heterocycles. The fourth-order valence-corrected chi connectivity index (χ4v) is 3.71. The Hall–Kier alpha value is -1.49. The normalized spacial score (nSPS) is 19.8. The van der Waals surface area contributed by atoms with Gasteiger partial charge in [0.1, 0.15) is 16.7 Å². The van der Waals surface area contributed by atoms with Crippen LogP contribution >= 0.6 is 0 Å². The average molecular weight is 281 g/mol. The molecule has 0 N–H and O–H groups in total. The number of sulfonamides is 1. The summed E-state index contributed by atoms with van der Waals surface area (Å²) in [6.07, 6.45) is 1.22. The van der Waals surface area contributed by atoms with Gasteiger partial charge < -0.3 is 4.74 Å². The van der Waals surface area contributed by atoms with Crippen LogP contribution in [0, 0.1) is 11.3 Å². The van der Waals surface area contributed by atoms with Crippen LogP contribution in [-0.2, 0) is 14.8 Å². The van der Waals surface area contributed by atoms with E-state index >= 15 is 0 Å². The van der Waals surface area contributed by atoms with E-state index in [2.05, 4.69) is 4.98 Å². The van der Waals surface area contributed by atoms with E-state index in [1.165, 1.54) is 22.6 Å². The number of hydrogen-bond donors (Lipinski definition) is 0. The summed E-state index contributed by atoms with van der Waals surface area (Å²) in [7, 11) is -3.61. The van der Waals surface area contributed by atoms with E-state index in [9.17, 15) is 8.42 Å². The molecule has 0 spiro atoms. The average Bonchev–Trinajstić information content (AvgIpc) is 2.38. The number of rotatable bonds is 2. The Kier molecular flexibility index (Phi) is 3.58. The van der Waals surface area contributed by atoms with E-state index < -0.39 is 15.6 Å². The monoisotopic (exact) mass is 281 g/mol. The van der Waals surface area contributed by atoms with Crippen molar-refractivity contribution in [2.24, 2.45) is 0 Å². The van der Waals surface area contributed by atoms with Crippen LogP contribution in [0.3, 0.4) is 0 Å². The molecule has 0 radical (unpaired) electrons. The van der Waals surface area contributed by atoms with Gasteiger partial charge in [0.25, 0.3) is 0 Å². The Bertz CT molecular complexity index is 602. The molecule has 2 rings (SSSR count). The Morgan fingerprint density at radius 3 is 2.74 bits per heavy atom. The summed E-state index contributed by atoms with van der Waals surface area (Å²) in [6, 6.07) is 4.67. The number of aromatic nitrogens is 1. The first-order valence-electron chi connectivity index (χ1n) is 5.85. The Morgan fingerprint density at radius 2 is 2.21 bits per heavy atom. The predicted molar refractivity (Wildman–Crippen MR) is 67.7 cm³/mol. The highest BCUT2D eigenvalue weighted by Crippen LogP contribution is 2.26. The van der Waals surface area contributed by atoms with Crippen molar-refractivity contribution in [1.29, 1.82) is 5.26 Å². The SMILES string of the molecule is CC1(C)COCCN1S(=O)(=O)c1ccc(C#N)nc1. The summed E-state index contributed by atoms with van der Waals surface area (Å²) in [5.74, 6) is 0. The fourth-order valence-electron chi connectivity index (χ4n) is 2.02. The van der Waals surface area contributed by atoms with E-state index in [0.717, 1.165) is 0 Å². The van der Waals surface area contributed by atoms with Crippen LogP contribution in [0.25, 0.3) is 0 Å². The molecule has 1 saturated heterocycles. The summed E-state index contributed by atoms with van der Waals surface area (Å²) in [5.41, 5.74) is -0.398. The van der Waals surface area contributed by atoms with Gasteiger partial charge in [-0.25, -0.2) is 13.4 Å². The summed E-state index contributed by atoms with van der Waals surface area (Å²) in [6.45, 7) is 4.69. The third-order valence-electron chi connectivity index (χ3n) is 3.01. The van der Waals surface area contributed by atoms with Gasteiger partial charge in [0.05, 0.1) is 18.8 Å². The van der Waals surface area contributed by atoms with Crippen molar-refractivity contribution >= 4 is 10.0 Å². The van der Waals surface area contributed by atoms with Crippen LogP contribution in [0.1, 0.15) is 19.5 Å². The number of nitriles is 1. The molecule has 1 fully saturated rings. The quantitative estimate of drug-likeness (QED) is 0.799. The minimum atomic E-state index is -3.61. The third kappa shape index (κ3) is 2.61. The maximum Gasteiger partial charge on any atom is 0.245 e. The van der Waals surface area contributed by atoms with Gasteiger partial charge in [0, 0.05) is 12.7 Å². The Labute approximate surface area is 112 Å². The molecule has 2 heterocycles. The Morgan fingerprint density at radius 1 is 1.47 bits per heavy atom. The predicted octanol–water partition coefficient (Wildman–Crippen LogP) is 0.753. The molecule has 0 bridgehead atoms. The summed E-state index contributed by atoms with van der Waals surface area (Å²) >= 11 is 0. The molecule has 0 aliphatic carbocycles. The second-order valence-corrected chi connectivity index (χ2v) is 6.80. The van der Waals surface area contributed by atoms with Crippen molar-refractivity contribution in [3.63, 3.8) is 0 Å². The van der Waals surface area contributed by atoms with E-state index in [1.54, 1.807) is 0 Å². The van der Waals surface area contributed by atoms with E-state index in [4.69, 9.17) is 10.00 Å². The lowest BCUT2D eigenvalue weighted by Gasteiger charge is -2.40. The number of nitrogens with zero attached hydrogens (tertiary/aromatic N) is 3. The fraction of sp³-hybridized carbons (Fsp3) is 0.500. The molecular weight excluding hydrogens is 266 g/mol. The van der Waals surface area contributed by atoms with E-state index in [-0.39, 0.29) is 10.6 Å². The van der Waals surface area contributed by atoms with Gasteiger partial charge in [0.2, 0.25) is 10.0 Å². The van der Waals surface area contributed by atoms with Crippen molar-refractivity contribution in [2.75, 3.05) is 19.8 Å². The highest BCUT2D eigenvalue weighted by molar-refractivity contribution is 7.89. The Balaban J connectivity index is 2.38. The lowest BCUT2D eigenvalue weighted by atomic mass is 10.1.